The molecule has 1 aliphatic carbocycles. The van der Waals surface area contributed by atoms with Crippen molar-refractivity contribution in [1.82, 2.24) is 5.32 Å². The summed E-state index contributed by atoms with van der Waals surface area (Å²) in [6.45, 7) is 1.99. The summed E-state index contributed by atoms with van der Waals surface area (Å²) >= 11 is 0. The van der Waals surface area contributed by atoms with Gasteiger partial charge >= 0.3 is 0 Å². The number of amides is 2. The van der Waals surface area contributed by atoms with Crippen LogP contribution in [0.1, 0.15) is 50.5 Å². The molecule has 22 heavy (non-hydrogen) atoms. The Morgan fingerprint density at radius 3 is 2.27 bits per heavy atom. The van der Waals surface area contributed by atoms with Crippen molar-refractivity contribution in [2.45, 2.75) is 64.0 Å². The highest BCUT2D eigenvalue weighted by Crippen LogP contribution is 2.25. The van der Waals surface area contributed by atoms with E-state index in [1.54, 1.807) is 0 Å². The first-order chi connectivity index (χ1) is 10.6. The lowest BCUT2D eigenvalue weighted by molar-refractivity contribution is -0.121. The number of carbonyl (C=O) groups excluding carboxylic acids is 2. The molecule has 0 aromatic heterocycles. The second-order valence-electron chi connectivity index (χ2n) is 6.51. The molecule has 1 atom stereocenters. The van der Waals surface area contributed by atoms with Crippen LogP contribution in [0.15, 0.2) is 24.3 Å². The molecule has 2 fully saturated rings. The Morgan fingerprint density at radius 2 is 1.64 bits per heavy atom. The van der Waals surface area contributed by atoms with Crippen molar-refractivity contribution in [3.63, 3.8) is 0 Å². The lowest BCUT2D eigenvalue weighted by Gasteiger charge is -2.21. The van der Waals surface area contributed by atoms with Crippen LogP contribution in [0.25, 0.3) is 0 Å². The van der Waals surface area contributed by atoms with E-state index in [1.165, 1.54) is 30.6 Å². The summed E-state index contributed by atoms with van der Waals surface area (Å²) in [7, 11) is 0. The topological polar surface area (TPSA) is 49.4 Å². The maximum Gasteiger partial charge on any atom is 0.251 e. The normalized spacial score (nSPS) is 23.9. The Hall–Kier alpha value is -1.68. The maximum atomic E-state index is 12.6. The summed E-state index contributed by atoms with van der Waals surface area (Å²) in [5, 5.41) is 3.44. The van der Waals surface area contributed by atoms with Gasteiger partial charge in [-0.1, -0.05) is 43.4 Å². The minimum atomic E-state index is -0.350. The van der Waals surface area contributed by atoms with Gasteiger partial charge in [-0.3, -0.25) is 9.59 Å². The van der Waals surface area contributed by atoms with E-state index in [1.807, 2.05) is 31.2 Å². The average Bonchev–Trinajstić information content (AvgIpc) is 2.70. The largest absolute Gasteiger partial charge is 0.303 e. The van der Waals surface area contributed by atoms with Crippen LogP contribution in [-0.2, 0) is 9.59 Å². The van der Waals surface area contributed by atoms with E-state index in [9.17, 15) is 9.59 Å². The van der Waals surface area contributed by atoms with E-state index in [0.717, 1.165) is 18.4 Å². The molecule has 4 heteroatoms. The zero-order chi connectivity index (χ0) is 15.5. The molecule has 2 aliphatic rings. The summed E-state index contributed by atoms with van der Waals surface area (Å²) < 4.78 is 0. The summed E-state index contributed by atoms with van der Waals surface area (Å²) in [4.78, 5) is 26.2. The van der Waals surface area contributed by atoms with Gasteiger partial charge in [0, 0.05) is 6.04 Å². The minimum Gasteiger partial charge on any atom is -0.303 e. The minimum absolute atomic E-state index is 0.0972. The number of rotatable bonds is 3. The summed E-state index contributed by atoms with van der Waals surface area (Å²) in [5.74, 6) is -0.196. The van der Waals surface area contributed by atoms with E-state index in [-0.39, 0.29) is 24.3 Å². The van der Waals surface area contributed by atoms with Crippen LogP contribution in [0.2, 0.25) is 0 Å². The summed E-state index contributed by atoms with van der Waals surface area (Å²) in [5.41, 5.74) is 1.81. The Labute approximate surface area is 131 Å². The Balaban J connectivity index is 1.69. The molecule has 1 heterocycles. The van der Waals surface area contributed by atoms with Crippen LogP contribution < -0.4 is 10.2 Å². The highest BCUT2D eigenvalue weighted by Gasteiger charge is 2.40. The number of imide groups is 1. The molecular formula is C18H24N2O2. The van der Waals surface area contributed by atoms with Crippen molar-refractivity contribution < 1.29 is 9.59 Å². The Bertz CT molecular complexity index is 545. The Kier molecular flexibility index (Phi) is 4.57. The maximum absolute atomic E-state index is 12.6. The van der Waals surface area contributed by atoms with E-state index in [4.69, 9.17) is 0 Å². The predicted octanol–water partition coefficient (Wildman–Crippen LogP) is 2.94. The molecule has 1 N–H and O–H groups in total. The number of aryl methyl sites for hydroxylation is 1. The molecule has 0 spiro atoms. The molecular weight excluding hydrogens is 276 g/mol. The molecule has 1 saturated carbocycles. The zero-order valence-corrected chi connectivity index (χ0v) is 13.2. The van der Waals surface area contributed by atoms with E-state index in [2.05, 4.69) is 5.32 Å². The van der Waals surface area contributed by atoms with Crippen molar-refractivity contribution in [2.75, 3.05) is 4.90 Å². The van der Waals surface area contributed by atoms with Crippen molar-refractivity contribution in [2.24, 2.45) is 0 Å². The third-order valence-corrected chi connectivity index (χ3v) is 4.73. The predicted molar refractivity (Wildman–Crippen MR) is 86.7 cm³/mol. The van der Waals surface area contributed by atoms with Crippen molar-refractivity contribution in [1.29, 1.82) is 0 Å². The molecule has 4 nitrogen and oxygen atoms in total. The first kappa shape index (κ1) is 15.2. The third kappa shape index (κ3) is 3.22. The average molecular weight is 300 g/mol. The molecule has 0 unspecified atom stereocenters. The van der Waals surface area contributed by atoms with Gasteiger partial charge in [-0.05, 0) is 31.9 Å². The van der Waals surface area contributed by atoms with E-state index < -0.39 is 0 Å². The Morgan fingerprint density at radius 1 is 1.00 bits per heavy atom. The number of benzene rings is 1. The smallest absolute Gasteiger partial charge is 0.251 e. The van der Waals surface area contributed by atoms with Crippen molar-refractivity contribution >= 4 is 17.5 Å². The molecule has 3 rings (SSSR count). The second-order valence-corrected chi connectivity index (χ2v) is 6.51. The quantitative estimate of drug-likeness (QED) is 0.690. The highest BCUT2D eigenvalue weighted by atomic mass is 16.2. The number of hydrogen-bond acceptors (Lipinski definition) is 3. The van der Waals surface area contributed by atoms with E-state index in [0.29, 0.717) is 11.7 Å². The molecule has 118 valence electrons. The third-order valence-electron chi connectivity index (χ3n) is 4.73. The molecule has 1 aromatic rings. The fourth-order valence-corrected chi connectivity index (χ4v) is 3.46. The van der Waals surface area contributed by atoms with Crippen LogP contribution in [0.5, 0.6) is 0 Å². The SMILES string of the molecule is Cc1ccc(N2C(=O)C[C@@H](NC3CCCCCC3)C2=O)cc1. The van der Waals surface area contributed by atoms with Gasteiger partial charge in [0.2, 0.25) is 5.91 Å². The van der Waals surface area contributed by atoms with Crippen LogP contribution in [-0.4, -0.2) is 23.9 Å². The first-order valence-electron chi connectivity index (χ1n) is 8.34. The van der Waals surface area contributed by atoms with E-state index >= 15 is 0 Å². The van der Waals surface area contributed by atoms with Gasteiger partial charge in [0.15, 0.2) is 0 Å². The van der Waals surface area contributed by atoms with Gasteiger partial charge in [-0.2, -0.15) is 0 Å². The standard InChI is InChI=1S/C18H24N2O2/c1-13-8-10-15(11-9-13)20-17(21)12-16(18(20)22)19-14-6-4-2-3-5-7-14/h8-11,14,16,19H,2-7,12H2,1H3/t16-/m1/s1. The van der Waals surface area contributed by atoms with Gasteiger partial charge in [-0.15, -0.1) is 0 Å². The van der Waals surface area contributed by atoms with Gasteiger partial charge in [-0.25, -0.2) is 4.90 Å². The molecule has 1 aromatic carbocycles. The van der Waals surface area contributed by atoms with Gasteiger partial charge in [0.05, 0.1) is 18.2 Å². The van der Waals surface area contributed by atoms with Crippen molar-refractivity contribution in [3.8, 4) is 0 Å². The van der Waals surface area contributed by atoms with Gasteiger partial charge in [0.1, 0.15) is 0 Å². The van der Waals surface area contributed by atoms with Crippen LogP contribution in [0.3, 0.4) is 0 Å². The summed E-state index contributed by atoms with van der Waals surface area (Å²) in [6, 6.07) is 7.58. The van der Waals surface area contributed by atoms with Crippen LogP contribution in [0, 0.1) is 6.92 Å². The number of carbonyl (C=O) groups is 2. The molecule has 2 amide bonds. The van der Waals surface area contributed by atoms with Gasteiger partial charge in [0.25, 0.3) is 5.91 Å². The lowest BCUT2D eigenvalue weighted by Crippen LogP contribution is -2.43. The van der Waals surface area contributed by atoms with Gasteiger partial charge < -0.3 is 5.32 Å². The highest BCUT2D eigenvalue weighted by molar-refractivity contribution is 6.22. The first-order valence-corrected chi connectivity index (χ1v) is 8.34. The molecule has 1 aliphatic heterocycles. The fourth-order valence-electron chi connectivity index (χ4n) is 3.46. The number of anilines is 1. The number of hydrogen-bond donors (Lipinski definition) is 1. The van der Waals surface area contributed by atoms with Crippen molar-refractivity contribution in [3.05, 3.63) is 29.8 Å². The zero-order valence-electron chi connectivity index (χ0n) is 13.2. The number of nitrogens with one attached hydrogen (secondary N) is 1. The lowest BCUT2D eigenvalue weighted by atomic mass is 10.1. The van der Waals surface area contributed by atoms with Crippen LogP contribution in [0.4, 0.5) is 5.69 Å². The molecule has 1 saturated heterocycles. The second kappa shape index (κ2) is 6.61. The fraction of sp³-hybridized carbons (Fsp3) is 0.556. The number of nitrogens with zero attached hydrogens (tertiary/aromatic N) is 1. The monoisotopic (exact) mass is 300 g/mol. The molecule has 0 bridgehead atoms. The summed E-state index contributed by atoms with van der Waals surface area (Å²) in [6.07, 6.45) is 7.51. The molecule has 0 radical (unpaired) electrons. The van der Waals surface area contributed by atoms with Crippen LogP contribution >= 0.6 is 0 Å².